The number of hydrogen-bond donors (Lipinski definition) is 2. The lowest BCUT2D eigenvalue weighted by Gasteiger charge is -2.23. The van der Waals surface area contributed by atoms with Gasteiger partial charge in [-0.25, -0.2) is 17.9 Å². The van der Waals surface area contributed by atoms with E-state index in [0.29, 0.717) is 0 Å². The van der Waals surface area contributed by atoms with Crippen LogP contribution in [0.2, 0.25) is 0 Å². The molecule has 0 atom stereocenters. The Labute approximate surface area is 159 Å². The third kappa shape index (κ3) is 7.35. The maximum atomic E-state index is 12.1. The summed E-state index contributed by atoms with van der Waals surface area (Å²) in [6, 6.07) is 5.25. The average molecular weight is 399 g/mol. The summed E-state index contributed by atoms with van der Waals surface area (Å²) in [5.41, 5.74) is -0.432. The zero-order chi connectivity index (χ0) is 20.8. The Morgan fingerprint density at radius 1 is 1.19 bits per heavy atom. The van der Waals surface area contributed by atoms with Crippen molar-refractivity contribution in [3.05, 3.63) is 29.8 Å². The highest BCUT2D eigenvalue weighted by atomic mass is 32.2. The number of rotatable bonds is 7. The molecule has 0 aliphatic heterocycles. The molecule has 1 aromatic carbocycles. The molecule has 1 rings (SSSR count). The number of carbonyl (C=O) groups excluding carboxylic acids is 3. The molecule has 0 aliphatic carbocycles. The first-order chi connectivity index (χ1) is 12.4. The number of carbonyl (C=O) groups is 3. The van der Waals surface area contributed by atoms with Crippen molar-refractivity contribution in [1.82, 2.24) is 14.9 Å². The van der Waals surface area contributed by atoms with Crippen LogP contribution in [0.3, 0.4) is 0 Å². The van der Waals surface area contributed by atoms with Crippen LogP contribution in [0.25, 0.3) is 0 Å². The Balaban J connectivity index is 2.65. The Morgan fingerprint density at radius 2 is 1.81 bits per heavy atom. The van der Waals surface area contributed by atoms with E-state index in [2.05, 4.69) is 10.0 Å². The molecule has 0 radical (unpaired) electrons. The molecule has 0 bridgehead atoms. The second-order valence-electron chi connectivity index (χ2n) is 6.86. The standard InChI is InChI=1S/C17H25N3O6S/c1-17(2,3)19-14(21)10-20(5)15(22)11-26-16(23)12-7-6-8-13(9-12)27(24,25)18-4/h6-9,18H,10-11H2,1-5H3,(H,19,21). The van der Waals surface area contributed by atoms with E-state index in [0.717, 1.165) is 11.0 Å². The number of ether oxygens (including phenoxy) is 1. The summed E-state index contributed by atoms with van der Waals surface area (Å²) in [6.45, 7) is 4.70. The highest BCUT2D eigenvalue weighted by Gasteiger charge is 2.20. The molecule has 0 heterocycles. The lowest BCUT2D eigenvalue weighted by molar-refractivity contribution is -0.137. The molecule has 150 valence electrons. The van der Waals surface area contributed by atoms with E-state index in [1.54, 1.807) is 0 Å². The van der Waals surface area contributed by atoms with Crippen molar-refractivity contribution in [2.45, 2.75) is 31.2 Å². The van der Waals surface area contributed by atoms with Gasteiger partial charge in [0, 0.05) is 12.6 Å². The van der Waals surface area contributed by atoms with Gasteiger partial charge in [-0.1, -0.05) is 6.07 Å². The third-order valence-corrected chi connectivity index (χ3v) is 4.71. The van der Waals surface area contributed by atoms with E-state index < -0.39 is 34.0 Å². The fraction of sp³-hybridized carbons (Fsp3) is 0.471. The van der Waals surface area contributed by atoms with Crippen LogP contribution in [0.15, 0.2) is 29.2 Å². The number of benzene rings is 1. The highest BCUT2D eigenvalue weighted by Crippen LogP contribution is 2.12. The van der Waals surface area contributed by atoms with Gasteiger partial charge < -0.3 is 15.0 Å². The van der Waals surface area contributed by atoms with E-state index in [-0.39, 0.29) is 22.9 Å². The first kappa shape index (κ1) is 22.6. The van der Waals surface area contributed by atoms with Crippen LogP contribution >= 0.6 is 0 Å². The van der Waals surface area contributed by atoms with Crippen LogP contribution in [-0.4, -0.2) is 63.9 Å². The lowest BCUT2D eigenvalue weighted by atomic mass is 10.1. The second-order valence-corrected chi connectivity index (χ2v) is 8.75. The Hall–Kier alpha value is -2.46. The molecule has 0 aliphatic rings. The van der Waals surface area contributed by atoms with Crippen molar-refractivity contribution in [1.29, 1.82) is 0 Å². The molecule has 27 heavy (non-hydrogen) atoms. The number of nitrogens with zero attached hydrogens (tertiary/aromatic N) is 1. The van der Waals surface area contributed by atoms with Crippen LogP contribution in [0.1, 0.15) is 31.1 Å². The molecule has 0 aromatic heterocycles. The zero-order valence-corrected chi connectivity index (χ0v) is 16.8. The van der Waals surface area contributed by atoms with Gasteiger partial charge in [-0.3, -0.25) is 9.59 Å². The zero-order valence-electron chi connectivity index (χ0n) is 16.0. The Kier molecular flexibility index (Phi) is 7.49. The first-order valence-electron chi connectivity index (χ1n) is 8.11. The van der Waals surface area contributed by atoms with Gasteiger partial charge >= 0.3 is 5.97 Å². The molecule has 10 heteroatoms. The van der Waals surface area contributed by atoms with E-state index in [1.807, 2.05) is 20.8 Å². The maximum absolute atomic E-state index is 12.1. The molecular formula is C17H25N3O6S. The number of likely N-dealkylation sites (N-methyl/N-ethyl adjacent to an activating group) is 1. The predicted octanol–water partition coefficient (Wildman–Crippen LogP) is 0.125. The van der Waals surface area contributed by atoms with Crippen molar-refractivity contribution in [2.75, 3.05) is 27.2 Å². The number of amides is 2. The molecule has 0 spiro atoms. The summed E-state index contributed by atoms with van der Waals surface area (Å²) in [5, 5.41) is 2.72. The molecule has 0 fully saturated rings. The summed E-state index contributed by atoms with van der Waals surface area (Å²) in [5.74, 6) is -1.75. The molecular weight excluding hydrogens is 374 g/mol. The number of hydrogen-bond acceptors (Lipinski definition) is 6. The number of sulfonamides is 1. The Morgan fingerprint density at radius 3 is 2.37 bits per heavy atom. The summed E-state index contributed by atoms with van der Waals surface area (Å²) >= 11 is 0. The largest absolute Gasteiger partial charge is 0.452 e. The minimum Gasteiger partial charge on any atom is -0.452 e. The van der Waals surface area contributed by atoms with Crippen molar-refractivity contribution >= 4 is 27.8 Å². The summed E-state index contributed by atoms with van der Waals surface area (Å²) < 4.78 is 30.6. The minimum atomic E-state index is -3.70. The van der Waals surface area contributed by atoms with Gasteiger partial charge in [-0.05, 0) is 46.0 Å². The quantitative estimate of drug-likeness (QED) is 0.628. The van der Waals surface area contributed by atoms with E-state index >= 15 is 0 Å². The lowest BCUT2D eigenvalue weighted by Crippen LogP contribution is -2.46. The molecule has 2 amide bonds. The minimum absolute atomic E-state index is 0.00717. The first-order valence-corrected chi connectivity index (χ1v) is 9.60. The van der Waals surface area contributed by atoms with Crippen molar-refractivity contribution in [3.63, 3.8) is 0 Å². The third-order valence-electron chi connectivity index (χ3n) is 3.30. The van der Waals surface area contributed by atoms with Gasteiger partial charge in [0.2, 0.25) is 15.9 Å². The normalized spacial score (nSPS) is 11.6. The summed E-state index contributed by atoms with van der Waals surface area (Å²) in [4.78, 5) is 36.9. The van der Waals surface area contributed by atoms with Crippen molar-refractivity contribution < 1.29 is 27.5 Å². The van der Waals surface area contributed by atoms with Gasteiger partial charge in [0.05, 0.1) is 17.0 Å². The summed E-state index contributed by atoms with van der Waals surface area (Å²) in [6.07, 6.45) is 0. The molecule has 0 unspecified atom stereocenters. The van der Waals surface area contributed by atoms with Crippen LogP contribution in [-0.2, 0) is 24.3 Å². The van der Waals surface area contributed by atoms with E-state index in [4.69, 9.17) is 4.74 Å². The number of esters is 1. The van der Waals surface area contributed by atoms with Crippen molar-refractivity contribution in [2.24, 2.45) is 0 Å². The van der Waals surface area contributed by atoms with Gasteiger partial charge in [0.25, 0.3) is 5.91 Å². The predicted molar refractivity (Wildman–Crippen MR) is 98.5 cm³/mol. The van der Waals surface area contributed by atoms with Crippen molar-refractivity contribution in [3.8, 4) is 0 Å². The van der Waals surface area contributed by atoms with Gasteiger partial charge in [0.1, 0.15) is 0 Å². The number of nitrogens with one attached hydrogen (secondary N) is 2. The highest BCUT2D eigenvalue weighted by molar-refractivity contribution is 7.89. The van der Waals surface area contributed by atoms with Crippen LogP contribution in [0, 0.1) is 0 Å². The van der Waals surface area contributed by atoms with Gasteiger partial charge in [-0.2, -0.15) is 0 Å². The topological polar surface area (TPSA) is 122 Å². The average Bonchev–Trinajstić information content (AvgIpc) is 2.57. The maximum Gasteiger partial charge on any atom is 0.338 e. The monoisotopic (exact) mass is 399 g/mol. The molecule has 2 N–H and O–H groups in total. The molecule has 0 saturated heterocycles. The second kappa shape index (κ2) is 8.96. The SMILES string of the molecule is CNS(=O)(=O)c1cccc(C(=O)OCC(=O)N(C)CC(=O)NC(C)(C)C)c1. The van der Waals surface area contributed by atoms with E-state index in [1.165, 1.54) is 32.3 Å². The van der Waals surface area contributed by atoms with Gasteiger partial charge in [0.15, 0.2) is 6.61 Å². The fourth-order valence-electron chi connectivity index (χ4n) is 1.99. The van der Waals surface area contributed by atoms with E-state index in [9.17, 15) is 22.8 Å². The molecule has 9 nitrogen and oxygen atoms in total. The van der Waals surface area contributed by atoms with Crippen LogP contribution < -0.4 is 10.0 Å². The smallest absolute Gasteiger partial charge is 0.338 e. The molecule has 0 saturated carbocycles. The van der Waals surface area contributed by atoms with Crippen LogP contribution in [0.5, 0.6) is 0 Å². The molecule has 1 aromatic rings. The van der Waals surface area contributed by atoms with Crippen LogP contribution in [0.4, 0.5) is 0 Å². The van der Waals surface area contributed by atoms with Gasteiger partial charge in [-0.15, -0.1) is 0 Å². The summed E-state index contributed by atoms with van der Waals surface area (Å²) in [7, 11) is -1.04. The Bertz CT molecular complexity index is 814. The fourth-order valence-corrected chi connectivity index (χ4v) is 2.77.